The van der Waals surface area contributed by atoms with Gasteiger partial charge in [0.1, 0.15) is 6.04 Å². The third kappa shape index (κ3) is 4.41. The molecule has 9 heteroatoms. The number of carbonyl (C=O) groups is 3. The van der Waals surface area contributed by atoms with Crippen LogP contribution in [0, 0.1) is 0 Å². The zero-order valence-corrected chi connectivity index (χ0v) is 19.2. The molecule has 0 aliphatic carbocycles. The number of ether oxygens (including phenoxy) is 1. The van der Waals surface area contributed by atoms with Crippen molar-refractivity contribution in [1.82, 2.24) is 15.6 Å². The highest BCUT2D eigenvalue weighted by Crippen LogP contribution is 2.32. The van der Waals surface area contributed by atoms with Crippen molar-refractivity contribution in [1.29, 1.82) is 0 Å². The van der Waals surface area contributed by atoms with Crippen LogP contribution in [0.15, 0.2) is 77.8 Å². The molecule has 3 amide bonds. The number of urea groups is 1. The first kappa shape index (κ1) is 22.9. The Hall–Kier alpha value is -4.92. The molecule has 1 unspecified atom stereocenters. The molecule has 4 N–H and O–H groups in total. The van der Waals surface area contributed by atoms with Crippen molar-refractivity contribution >= 4 is 40.2 Å². The lowest BCUT2D eigenvalue weighted by Gasteiger charge is -2.09. The molecule has 3 aromatic carbocycles. The number of imide groups is 1. The lowest BCUT2D eigenvalue weighted by atomic mass is 10.00. The lowest BCUT2D eigenvalue weighted by molar-refractivity contribution is -0.120. The van der Waals surface area contributed by atoms with Gasteiger partial charge in [-0.3, -0.25) is 10.1 Å². The summed E-state index contributed by atoms with van der Waals surface area (Å²) in [6, 6.07) is 20.7. The second kappa shape index (κ2) is 9.38. The maximum atomic E-state index is 12.0. The third-order valence-corrected chi connectivity index (χ3v) is 5.96. The molecule has 0 saturated carbocycles. The van der Waals surface area contributed by atoms with Gasteiger partial charge in [0.15, 0.2) is 5.88 Å². The van der Waals surface area contributed by atoms with Crippen molar-refractivity contribution in [3.05, 3.63) is 95.1 Å². The van der Waals surface area contributed by atoms with Gasteiger partial charge < -0.3 is 20.1 Å². The third-order valence-electron chi connectivity index (χ3n) is 5.96. The minimum Gasteiger partial charge on any atom is -0.494 e. The van der Waals surface area contributed by atoms with E-state index < -0.39 is 18.0 Å². The Morgan fingerprint density at radius 1 is 1.00 bits per heavy atom. The summed E-state index contributed by atoms with van der Waals surface area (Å²) in [6.45, 7) is 0. The summed E-state index contributed by atoms with van der Waals surface area (Å²) >= 11 is 0. The molecule has 1 saturated heterocycles. The first-order valence-electron chi connectivity index (χ1n) is 11.2. The Morgan fingerprint density at radius 2 is 1.75 bits per heavy atom. The predicted molar refractivity (Wildman–Crippen MR) is 134 cm³/mol. The van der Waals surface area contributed by atoms with Crippen LogP contribution in [-0.2, 0) is 16.0 Å². The number of methoxy groups -OCH3 is 1. The fraction of sp³-hybridized carbons (Fsp3) is 0.111. The lowest BCUT2D eigenvalue weighted by Crippen LogP contribution is -2.30. The molecule has 2 heterocycles. The van der Waals surface area contributed by atoms with E-state index in [0.717, 1.165) is 11.1 Å². The van der Waals surface area contributed by atoms with Crippen molar-refractivity contribution in [2.24, 2.45) is 4.99 Å². The van der Waals surface area contributed by atoms with Crippen LogP contribution < -0.4 is 10.6 Å². The Morgan fingerprint density at radius 3 is 2.42 bits per heavy atom. The van der Waals surface area contributed by atoms with E-state index in [4.69, 9.17) is 9.73 Å². The normalized spacial score (nSPS) is 15.6. The molecule has 4 aromatic rings. The maximum Gasteiger partial charge on any atom is 0.337 e. The molecule has 180 valence electrons. The standard InChI is InChI=1S/C27H22N4O5/c1-36-26(34)17-9-12-19-20(14-17)29-25(33)22(19)23(16-5-3-2-4-6-16)28-18-10-7-15(8-11-18)13-21-24(32)31-27(35)30-21/h2-12,14,21,29,33H,13H2,1H3,(H2,30,31,32,35). The molecule has 1 aliphatic rings. The molecule has 5 rings (SSSR count). The number of fused-ring (bicyclic) bond motifs is 1. The smallest absolute Gasteiger partial charge is 0.337 e. The fourth-order valence-electron chi connectivity index (χ4n) is 4.20. The number of esters is 1. The van der Waals surface area contributed by atoms with Crippen LogP contribution in [0.25, 0.3) is 10.9 Å². The van der Waals surface area contributed by atoms with Crippen molar-refractivity contribution in [3.8, 4) is 5.88 Å². The fourth-order valence-corrected chi connectivity index (χ4v) is 4.20. The average molecular weight is 482 g/mol. The summed E-state index contributed by atoms with van der Waals surface area (Å²) in [5, 5.41) is 16.4. The van der Waals surface area contributed by atoms with Crippen LogP contribution in [0.5, 0.6) is 5.88 Å². The van der Waals surface area contributed by atoms with E-state index in [-0.39, 0.29) is 11.8 Å². The highest BCUT2D eigenvalue weighted by atomic mass is 16.5. The van der Waals surface area contributed by atoms with Crippen LogP contribution in [0.1, 0.15) is 27.0 Å². The van der Waals surface area contributed by atoms with Gasteiger partial charge in [-0.15, -0.1) is 0 Å². The molecule has 1 aromatic heterocycles. The number of hydrogen-bond acceptors (Lipinski definition) is 6. The summed E-state index contributed by atoms with van der Waals surface area (Å²) in [4.78, 5) is 42.9. The Balaban J connectivity index is 1.54. The second-order valence-electron chi connectivity index (χ2n) is 8.31. The SMILES string of the molecule is COC(=O)c1ccc2c(C(=Nc3ccc(CC4NC(=O)NC4=O)cc3)c3ccccc3)c(O)[nH]c2c1. The summed E-state index contributed by atoms with van der Waals surface area (Å²) in [7, 11) is 1.31. The van der Waals surface area contributed by atoms with Gasteiger partial charge >= 0.3 is 12.0 Å². The maximum absolute atomic E-state index is 12.0. The van der Waals surface area contributed by atoms with E-state index in [2.05, 4.69) is 15.6 Å². The van der Waals surface area contributed by atoms with Gasteiger partial charge in [-0.2, -0.15) is 0 Å². The molecule has 0 spiro atoms. The molecule has 1 atom stereocenters. The van der Waals surface area contributed by atoms with Crippen LogP contribution in [0.4, 0.5) is 10.5 Å². The highest BCUT2D eigenvalue weighted by Gasteiger charge is 2.29. The predicted octanol–water partition coefficient (Wildman–Crippen LogP) is 3.58. The summed E-state index contributed by atoms with van der Waals surface area (Å²) in [5.74, 6) is -0.896. The zero-order valence-electron chi connectivity index (χ0n) is 19.2. The Labute approximate surface area is 205 Å². The van der Waals surface area contributed by atoms with E-state index in [9.17, 15) is 19.5 Å². The van der Waals surface area contributed by atoms with Gasteiger partial charge in [0.2, 0.25) is 0 Å². The number of carbonyl (C=O) groups excluding carboxylic acids is 3. The van der Waals surface area contributed by atoms with Gasteiger partial charge in [-0.05, 0) is 29.8 Å². The number of benzene rings is 3. The highest BCUT2D eigenvalue weighted by molar-refractivity contribution is 6.22. The first-order chi connectivity index (χ1) is 17.4. The molecule has 0 bridgehead atoms. The number of amides is 3. The van der Waals surface area contributed by atoms with Crippen LogP contribution in [0.3, 0.4) is 0 Å². The summed E-state index contributed by atoms with van der Waals surface area (Å²) < 4.78 is 4.80. The molecule has 36 heavy (non-hydrogen) atoms. The van der Waals surface area contributed by atoms with Gasteiger partial charge in [-0.1, -0.05) is 48.5 Å². The van der Waals surface area contributed by atoms with Crippen LogP contribution in [0.2, 0.25) is 0 Å². The monoisotopic (exact) mass is 482 g/mol. The van der Waals surface area contributed by atoms with Gasteiger partial charge in [0.05, 0.1) is 29.6 Å². The van der Waals surface area contributed by atoms with Crippen molar-refractivity contribution in [3.63, 3.8) is 0 Å². The number of aliphatic imine (C=N–C) groups is 1. The van der Waals surface area contributed by atoms with E-state index in [0.29, 0.717) is 39.8 Å². The van der Waals surface area contributed by atoms with E-state index in [1.165, 1.54) is 7.11 Å². The van der Waals surface area contributed by atoms with Crippen molar-refractivity contribution in [2.45, 2.75) is 12.5 Å². The summed E-state index contributed by atoms with van der Waals surface area (Å²) in [6.07, 6.45) is 0.360. The number of hydrogen-bond donors (Lipinski definition) is 4. The minimum absolute atomic E-state index is 0.0748. The van der Waals surface area contributed by atoms with Crippen molar-refractivity contribution < 1.29 is 24.2 Å². The Kier molecular flexibility index (Phi) is 5.95. The number of aromatic hydroxyl groups is 1. The topological polar surface area (TPSA) is 133 Å². The number of nitrogens with one attached hydrogen (secondary N) is 3. The second-order valence-corrected chi connectivity index (χ2v) is 8.31. The average Bonchev–Trinajstić information content (AvgIpc) is 3.39. The molecular weight excluding hydrogens is 460 g/mol. The number of rotatable bonds is 6. The van der Waals surface area contributed by atoms with E-state index in [1.807, 2.05) is 54.6 Å². The number of aromatic amines is 1. The summed E-state index contributed by atoms with van der Waals surface area (Å²) in [5.41, 5.74) is 4.27. The first-order valence-corrected chi connectivity index (χ1v) is 11.2. The number of nitrogens with zero attached hydrogens (tertiary/aromatic N) is 1. The van der Waals surface area contributed by atoms with E-state index >= 15 is 0 Å². The van der Waals surface area contributed by atoms with E-state index in [1.54, 1.807) is 18.2 Å². The van der Waals surface area contributed by atoms with Crippen LogP contribution in [-0.4, -0.2) is 46.9 Å². The van der Waals surface area contributed by atoms with Gasteiger partial charge in [0.25, 0.3) is 5.91 Å². The number of H-pyrrole nitrogens is 1. The molecule has 1 fully saturated rings. The molecular formula is C27H22N4O5. The molecule has 0 radical (unpaired) electrons. The van der Waals surface area contributed by atoms with Crippen LogP contribution >= 0.6 is 0 Å². The van der Waals surface area contributed by atoms with Crippen molar-refractivity contribution in [2.75, 3.05) is 7.11 Å². The molecule has 1 aliphatic heterocycles. The Bertz CT molecular complexity index is 1510. The number of aromatic nitrogens is 1. The zero-order chi connectivity index (χ0) is 25.2. The quantitative estimate of drug-likeness (QED) is 0.189. The largest absolute Gasteiger partial charge is 0.494 e. The van der Waals surface area contributed by atoms with Gasteiger partial charge in [0, 0.05) is 22.9 Å². The minimum atomic E-state index is -0.607. The van der Waals surface area contributed by atoms with Gasteiger partial charge in [-0.25, -0.2) is 14.6 Å². The molecule has 9 nitrogen and oxygen atoms in total.